The number of fused-ring (bicyclic) bond motifs is 2. The Kier molecular flexibility index (Phi) is 10.3. The van der Waals surface area contributed by atoms with E-state index < -0.39 is 12.0 Å². The Bertz CT molecular complexity index is 2290. The number of methoxy groups -OCH3 is 1. The van der Waals surface area contributed by atoms with E-state index in [4.69, 9.17) is 23.9 Å². The van der Waals surface area contributed by atoms with E-state index in [0.29, 0.717) is 50.7 Å². The molecule has 2 heterocycles. The molecule has 0 N–H and O–H groups in total. The van der Waals surface area contributed by atoms with Crippen molar-refractivity contribution in [2.24, 2.45) is 4.99 Å². The zero-order chi connectivity index (χ0) is 35.4. The third-order valence-corrected chi connectivity index (χ3v) is 9.38. The fraction of sp³-hybridized carbons (Fsp3) is 0.244. The van der Waals surface area contributed by atoms with E-state index in [1.54, 1.807) is 37.7 Å². The Morgan fingerprint density at radius 3 is 2.54 bits per heavy atom. The molecule has 6 rings (SSSR count). The monoisotopic (exact) mass is 688 g/mol. The van der Waals surface area contributed by atoms with Crippen molar-refractivity contribution in [3.8, 4) is 17.2 Å². The summed E-state index contributed by atoms with van der Waals surface area (Å²) < 4.78 is 25.4. The largest absolute Gasteiger partial charge is 0.493 e. The van der Waals surface area contributed by atoms with Gasteiger partial charge in [0.1, 0.15) is 12.4 Å². The van der Waals surface area contributed by atoms with Gasteiger partial charge in [-0.1, -0.05) is 72.0 Å². The number of benzene rings is 4. The molecule has 0 saturated heterocycles. The molecule has 8 nitrogen and oxygen atoms in total. The topological polar surface area (TPSA) is 88.4 Å². The van der Waals surface area contributed by atoms with Crippen LogP contribution in [0.5, 0.6) is 17.2 Å². The maximum atomic E-state index is 14.3. The van der Waals surface area contributed by atoms with Crippen LogP contribution in [-0.4, -0.2) is 30.4 Å². The lowest BCUT2D eigenvalue weighted by Crippen LogP contribution is -2.40. The van der Waals surface area contributed by atoms with E-state index >= 15 is 0 Å². The van der Waals surface area contributed by atoms with Gasteiger partial charge in [-0.3, -0.25) is 9.36 Å². The zero-order valence-corrected chi connectivity index (χ0v) is 29.7. The van der Waals surface area contributed by atoms with E-state index in [1.807, 2.05) is 68.5 Å². The summed E-state index contributed by atoms with van der Waals surface area (Å²) in [7, 11) is 1.56. The lowest BCUT2D eigenvalue weighted by molar-refractivity contribution is -0.139. The third kappa shape index (κ3) is 7.00. The van der Waals surface area contributed by atoms with Gasteiger partial charge in [-0.25, -0.2) is 9.79 Å². The number of esters is 1. The van der Waals surface area contributed by atoms with Crippen molar-refractivity contribution in [2.75, 3.05) is 13.7 Å². The summed E-state index contributed by atoms with van der Waals surface area (Å²) in [6.07, 6.45) is 4.21. The molecular weight excluding hydrogens is 649 g/mol. The lowest BCUT2D eigenvalue weighted by Gasteiger charge is -2.25. The van der Waals surface area contributed by atoms with Crippen molar-refractivity contribution in [1.82, 2.24) is 4.57 Å². The predicted octanol–water partition coefficient (Wildman–Crippen LogP) is 7.05. The molecule has 0 fully saturated rings. The van der Waals surface area contributed by atoms with Crippen LogP contribution in [0.15, 0.2) is 113 Å². The number of ether oxygens (including phenoxy) is 4. The minimum atomic E-state index is -0.782. The Hall–Kier alpha value is -5.41. The van der Waals surface area contributed by atoms with Crippen LogP contribution in [0.3, 0.4) is 0 Å². The molecular formula is C41H40N2O6S. The summed E-state index contributed by atoms with van der Waals surface area (Å²) >= 11 is 1.27. The first-order valence-electron chi connectivity index (χ1n) is 16.6. The maximum absolute atomic E-state index is 14.3. The normalized spacial score (nSPS) is 14.4. The minimum absolute atomic E-state index is 0.0681. The molecule has 4 aromatic carbocycles. The molecule has 50 heavy (non-hydrogen) atoms. The zero-order valence-electron chi connectivity index (χ0n) is 28.9. The summed E-state index contributed by atoms with van der Waals surface area (Å²) in [4.78, 5) is 32.8. The Balaban J connectivity index is 1.40. The number of thiazole rings is 1. The number of aromatic nitrogens is 1. The highest BCUT2D eigenvalue weighted by atomic mass is 32.1. The van der Waals surface area contributed by atoms with Gasteiger partial charge in [0.05, 0.1) is 41.7 Å². The van der Waals surface area contributed by atoms with E-state index in [1.165, 1.54) is 16.7 Å². The molecule has 0 bridgehead atoms. The second-order valence-electron chi connectivity index (χ2n) is 12.2. The molecule has 256 valence electrons. The number of allylic oxidation sites excluding steroid dienone is 2. The quantitative estimate of drug-likeness (QED) is 0.103. The van der Waals surface area contributed by atoms with E-state index in [2.05, 4.69) is 30.8 Å². The van der Waals surface area contributed by atoms with Crippen LogP contribution >= 0.6 is 11.3 Å². The number of rotatable bonds is 12. The SMILES string of the molecule is C=CCc1cc(/C=c2\sc3n(c2=O)[C@H](c2ccc(OC(C)C)c(OC)c2)C(C(=O)OCC)=C(C)N=3)ccc1OCc1cccc2ccccc12. The minimum Gasteiger partial charge on any atom is -0.493 e. The summed E-state index contributed by atoms with van der Waals surface area (Å²) in [5.74, 6) is 1.29. The van der Waals surface area contributed by atoms with Gasteiger partial charge in [0.2, 0.25) is 0 Å². The molecule has 0 unspecified atom stereocenters. The molecule has 1 aliphatic rings. The van der Waals surface area contributed by atoms with Gasteiger partial charge in [-0.2, -0.15) is 0 Å². The van der Waals surface area contributed by atoms with Crippen molar-refractivity contribution >= 4 is 34.2 Å². The van der Waals surface area contributed by atoms with Crippen LogP contribution < -0.4 is 29.1 Å². The van der Waals surface area contributed by atoms with Gasteiger partial charge in [0.25, 0.3) is 5.56 Å². The first-order chi connectivity index (χ1) is 24.2. The molecule has 0 aliphatic carbocycles. The summed E-state index contributed by atoms with van der Waals surface area (Å²) in [5.41, 5.74) is 4.08. The van der Waals surface area contributed by atoms with Gasteiger partial charge in [0.15, 0.2) is 16.3 Å². The molecule has 0 spiro atoms. The Labute approximate surface area is 295 Å². The van der Waals surface area contributed by atoms with Crippen LogP contribution in [0.4, 0.5) is 0 Å². The van der Waals surface area contributed by atoms with Crippen molar-refractivity contribution in [1.29, 1.82) is 0 Å². The van der Waals surface area contributed by atoms with E-state index in [-0.39, 0.29) is 18.3 Å². The van der Waals surface area contributed by atoms with Crippen LogP contribution in [0.2, 0.25) is 0 Å². The number of carbonyl (C=O) groups excluding carboxylic acids is 1. The molecule has 0 amide bonds. The average Bonchev–Trinajstić information content (AvgIpc) is 3.40. The Morgan fingerprint density at radius 1 is 1.00 bits per heavy atom. The van der Waals surface area contributed by atoms with Crippen LogP contribution in [-0.2, 0) is 22.6 Å². The van der Waals surface area contributed by atoms with Gasteiger partial charge in [0, 0.05) is 0 Å². The summed E-state index contributed by atoms with van der Waals surface area (Å²) in [5, 5.41) is 2.32. The lowest BCUT2D eigenvalue weighted by atomic mass is 9.95. The van der Waals surface area contributed by atoms with Gasteiger partial charge in [-0.15, -0.1) is 6.58 Å². The standard InChI is InChI=1S/C41H40N2O6S/c1-7-12-29-21-27(17-19-33(29)48-24-31-15-11-14-28-13-9-10-16-32(28)31)22-36-39(44)43-38(30-18-20-34(49-25(3)4)35(23-30)46-6)37(40(45)47-8-2)26(5)42-41(43)50-36/h7,9-11,13-23,25,38H,1,8,12,24H2,2-6H3/b36-22-/t38-/m1/s1. The van der Waals surface area contributed by atoms with Crippen LogP contribution in [0.1, 0.15) is 56.0 Å². The van der Waals surface area contributed by atoms with Crippen LogP contribution in [0.25, 0.3) is 16.8 Å². The molecule has 1 aromatic heterocycles. The molecule has 0 saturated carbocycles. The second-order valence-corrected chi connectivity index (χ2v) is 13.2. The first-order valence-corrected chi connectivity index (χ1v) is 17.4. The smallest absolute Gasteiger partial charge is 0.338 e. The number of hydrogen-bond donors (Lipinski definition) is 0. The van der Waals surface area contributed by atoms with Crippen molar-refractivity contribution in [3.63, 3.8) is 0 Å². The van der Waals surface area contributed by atoms with Crippen molar-refractivity contribution < 1.29 is 23.7 Å². The molecule has 9 heteroatoms. The van der Waals surface area contributed by atoms with E-state index in [0.717, 1.165) is 27.8 Å². The average molecular weight is 689 g/mol. The molecule has 1 atom stereocenters. The molecule has 1 aliphatic heterocycles. The molecule has 5 aromatic rings. The highest BCUT2D eigenvalue weighted by molar-refractivity contribution is 7.07. The fourth-order valence-corrected chi connectivity index (χ4v) is 7.23. The van der Waals surface area contributed by atoms with Gasteiger partial charge >= 0.3 is 5.97 Å². The molecule has 0 radical (unpaired) electrons. The fourth-order valence-electron chi connectivity index (χ4n) is 6.18. The highest BCUT2D eigenvalue weighted by Gasteiger charge is 2.34. The number of nitrogens with zero attached hydrogens (tertiary/aromatic N) is 2. The first kappa shape index (κ1) is 34.5. The van der Waals surface area contributed by atoms with Crippen molar-refractivity contribution in [2.45, 2.75) is 52.9 Å². The second kappa shape index (κ2) is 15.0. The number of hydrogen-bond acceptors (Lipinski definition) is 8. The number of carbonyl (C=O) groups is 1. The van der Waals surface area contributed by atoms with Gasteiger partial charge < -0.3 is 18.9 Å². The third-order valence-electron chi connectivity index (χ3n) is 8.39. The van der Waals surface area contributed by atoms with Crippen LogP contribution in [0, 0.1) is 0 Å². The van der Waals surface area contributed by atoms with E-state index in [9.17, 15) is 9.59 Å². The summed E-state index contributed by atoms with van der Waals surface area (Å²) in [6.45, 7) is 11.9. The summed E-state index contributed by atoms with van der Waals surface area (Å²) in [6, 6.07) is 25.0. The Morgan fingerprint density at radius 2 is 1.78 bits per heavy atom. The maximum Gasteiger partial charge on any atom is 0.338 e. The van der Waals surface area contributed by atoms with Crippen molar-refractivity contribution in [3.05, 3.63) is 145 Å². The highest BCUT2D eigenvalue weighted by Crippen LogP contribution is 2.36. The van der Waals surface area contributed by atoms with Gasteiger partial charge in [-0.05, 0) is 97.5 Å². The predicted molar refractivity (Wildman–Crippen MR) is 198 cm³/mol.